The number of carbonyl (C=O) groups is 1. The van der Waals surface area contributed by atoms with Crippen LogP contribution >= 0.6 is 0 Å². The molecule has 3 aromatic rings. The number of rotatable bonds is 2. The minimum atomic E-state index is -0.460. The number of carbonyl (C=O) groups excluding carboxylic acids is 1. The summed E-state index contributed by atoms with van der Waals surface area (Å²) in [6.07, 6.45) is 0. The van der Waals surface area contributed by atoms with Gasteiger partial charge < -0.3 is 9.73 Å². The number of benzene rings is 2. The van der Waals surface area contributed by atoms with Gasteiger partial charge >= 0.3 is 5.63 Å². The van der Waals surface area contributed by atoms with Crippen molar-refractivity contribution in [1.82, 2.24) is 0 Å². The van der Waals surface area contributed by atoms with Gasteiger partial charge in [-0.1, -0.05) is 51.1 Å². The largest absolute Gasteiger partial charge is 0.422 e. The third-order valence-corrected chi connectivity index (χ3v) is 3.78. The Balaban J connectivity index is 1.92. The van der Waals surface area contributed by atoms with E-state index in [1.54, 1.807) is 30.3 Å². The van der Waals surface area contributed by atoms with Crippen molar-refractivity contribution in [3.05, 3.63) is 65.0 Å². The third kappa shape index (κ3) is 3.23. The molecule has 1 amide bonds. The molecule has 24 heavy (non-hydrogen) atoms. The molecule has 4 heteroatoms. The van der Waals surface area contributed by atoms with Gasteiger partial charge in [-0.05, 0) is 29.8 Å². The summed E-state index contributed by atoms with van der Waals surface area (Å²) < 4.78 is 5.36. The fourth-order valence-electron chi connectivity index (χ4n) is 2.31. The first-order valence-corrected chi connectivity index (χ1v) is 7.79. The number of hydrogen-bond acceptors (Lipinski definition) is 3. The lowest BCUT2D eigenvalue weighted by Gasteiger charge is -2.17. The topological polar surface area (TPSA) is 59.3 Å². The summed E-state index contributed by atoms with van der Waals surface area (Å²) in [5.41, 5.74) is 1.69. The van der Waals surface area contributed by atoms with Crippen molar-refractivity contribution in [1.29, 1.82) is 0 Å². The highest BCUT2D eigenvalue weighted by Crippen LogP contribution is 2.23. The fourth-order valence-corrected chi connectivity index (χ4v) is 2.31. The molecule has 0 fully saturated rings. The molecule has 0 aliphatic rings. The first-order chi connectivity index (χ1) is 11.3. The average molecular weight is 321 g/mol. The maximum Gasteiger partial charge on any atom is 0.344 e. The van der Waals surface area contributed by atoms with Crippen LogP contribution in [0.2, 0.25) is 0 Å². The Bertz CT molecular complexity index is 947. The minimum Gasteiger partial charge on any atom is -0.422 e. The summed E-state index contributed by atoms with van der Waals surface area (Å²) in [5, 5.41) is 3.74. The lowest BCUT2D eigenvalue weighted by molar-refractivity contribution is -0.123. The van der Waals surface area contributed by atoms with E-state index in [2.05, 4.69) is 5.32 Å². The van der Waals surface area contributed by atoms with Crippen LogP contribution in [0.5, 0.6) is 0 Å². The molecule has 1 heterocycles. The molecule has 2 aromatic carbocycles. The summed E-state index contributed by atoms with van der Waals surface area (Å²) in [5.74, 6) is -0.0551. The summed E-state index contributed by atoms with van der Waals surface area (Å²) in [7, 11) is 0. The predicted molar refractivity (Wildman–Crippen MR) is 96.0 cm³/mol. The van der Waals surface area contributed by atoms with E-state index in [-0.39, 0.29) is 11.5 Å². The molecule has 0 spiro atoms. The number of hydrogen-bond donors (Lipinski definition) is 1. The second-order valence-electron chi connectivity index (χ2n) is 6.77. The van der Waals surface area contributed by atoms with E-state index in [9.17, 15) is 9.59 Å². The molecular weight excluding hydrogens is 302 g/mol. The van der Waals surface area contributed by atoms with Crippen LogP contribution in [0.25, 0.3) is 22.1 Å². The van der Waals surface area contributed by atoms with Crippen molar-refractivity contribution >= 4 is 22.6 Å². The van der Waals surface area contributed by atoms with Crippen LogP contribution in [0.15, 0.2) is 63.8 Å². The summed E-state index contributed by atoms with van der Waals surface area (Å²) in [6.45, 7) is 5.57. The molecule has 4 nitrogen and oxygen atoms in total. The highest BCUT2D eigenvalue weighted by Gasteiger charge is 2.21. The van der Waals surface area contributed by atoms with E-state index < -0.39 is 5.41 Å². The van der Waals surface area contributed by atoms with Crippen molar-refractivity contribution < 1.29 is 9.21 Å². The smallest absolute Gasteiger partial charge is 0.344 e. The Morgan fingerprint density at radius 3 is 2.33 bits per heavy atom. The van der Waals surface area contributed by atoms with Crippen molar-refractivity contribution in [3.63, 3.8) is 0 Å². The summed E-state index contributed by atoms with van der Waals surface area (Å²) >= 11 is 0. The maximum absolute atomic E-state index is 12.2. The van der Waals surface area contributed by atoms with Crippen LogP contribution in [0.3, 0.4) is 0 Å². The van der Waals surface area contributed by atoms with Crippen molar-refractivity contribution in [2.75, 3.05) is 5.32 Å². The van der Waals surface area contributed by atoms with E-state index in [1.807, 2.05) is 45.0 Å². The Morgan fingerprint density at radius 2 is 1.67 bits per heavy atom. The molecule has 1 aromatic heterocycles. The average Bonchev–Trinajstić information content (AvgIpc) is 2.54. The molecule has 122 valence electrons. The molecule has 0 aliphatic heterocycles. The van der Waals surface area contributed by atoms with Gasteiger partial charge in [0, 0.05) is 16.5 Å². The van der Waals surface area contributed by atoms with Gasteiger partial charge in [-0.15, -0.1) is 0 Å². The zero-order valence-electron chi connectivity index (χ0n) is 13.9. The normalized spacial score (nSPS) is 11.5. The zero-order valence-corrected chi connectivity index (χ0v) is 13.9. The molecule has 3 rings (SSSR count). The summed E-state index contributed by atoms with van der Waals surface area (Å²) in [6, 6.07) is 16.4. The first kappa shape index (κ1) is 16.0. The number of nitrogens with one attached hydrogen (secondary N) is 1. The molecule has 1 N–H and O–H groups in total. The summed E-state index contributed by atoms with van der Waals surface area (Å²) in [4.78, 5) is 24.2. The van der Waals surface area contributed by atoms with Crippen LogP contribution in [0.1, 0.15) is 20.8 Å². The van der Waals surface area contributed by atoms with Crippen molar-refractivity contribution in [3.8, 4) is 11.1 Å². The Morgan fingerprint density at radius 1 is 1.00 bits per heavy atom. The minimum absolute atomic E-state index is 0.0551. The van der Waals surface area contributed by atoms with Gasteiger partial charge in [0.2, 0.25) is 5.91 Å². The van der Waals surface area contributed by atoms with Gasteiger partial charge in [0.25, 0.3) is 0 Å². The van der Waals surface area contributed by atoms with Gasteiger partial charge in [-0.2, -0.15) is 0 Å². The monoisotopic (exact) mass is 321 g/mol. The van der Waals surface area contributed by atoms with Crippen LogP contribution in [0, 0.1) is 5.41 Å². The molecular formula is C20H19NO3. The van der Waals surface area contributed by atoms with Crippen molar-refractivity contribution in [2.24, 2.45) is 5.41 Å². The van der Waals surface area contributed by atoms with Crippen LogP contribution in [-0.2, 0) is 4.79 Å². The van der Waals surface area contributed by atoms with Gasteiger partial charge in [0.1, 0.15) is 5.58 Å². The predicted octanol–water partition coefficient (Wildman–Crippen LogP) is 4.44. The molecule has 0 atom stereocenters. The molecule has 0 aliphatic carbocycles. The molecule has 0 saturated carbocycles. The zero-order chi connectivity index (χ0) is 17.3. The fraction of sp³-hybridized carbons (Fsp3) is 0.200. The second kappa shape index (κ2) is 5.96. The number of fused-ring (bicyclic) bond motifs is 1. The Labute approximate surface area is 140 Å². The van der Waals surface area contributed by atoms with Crippen LogP contribution < -0.4 is 10.9 Å². The van der Waals surface area contributed by atoms with Crippen LogP contribution in [0.4, 0.5) is 5.69 Å². The highest BCUT2D eigenvalue weighted by atomic mass is 16.4. The Hall–Kier alpha value is -2.88. The van der Waals surface area contributed by atoms with Gasteiger partial charge in [-0.3, -0.25) is 4.79 Å². The third-order valence-electron chi connectivity index (χ3n) is 3.78. The van der Waals surface area contributed by atoms with Gasteiger partial charge in [0.15, 0.2) is 0 Å². The van der Waals surface area contributed by atoms with E-state index in [1.165, 1.54) is 0 Å². The molecule has 0 unspecified atom stereocenters. The van der Waals surface area contributed by atoms with Crippen molar-refractivity contribution in [2.45, 2.75) is 20.8 Å². The highest BCUT2D eigenvalue weighted by molar-refractivity contribution is 5.94. The number of amides is 1. The van der Waals surface area contributed by atoms with E-state index in [0.29, 0.717) is 16.8 Å². The number of anilines is 1. The first-order valence-electron chi connectivity index (χ1n) is 7.79. The second-order valence-corrected chi connectivity index (χ2v) is 6.77. The standard InChI is InChI=1S/C20H19NO3/c1-20(2,3)19(23)21-15-10-8-13(9-11-15)16-12-14-6-4-5-7-17(14)24-18(16)22/h4-12H,1-3H3,(H,21,23). The van der Waals surface area contributed by atoms with E-state index in [0.717, 1.165) is 10.9 Å². The quantitative estimate of drug-likeness (QED) is 0.710. The van der Waals surface area contributed by atoms with Gasteiger partial charge in [0.05, 0.1) is 5.56 Å². The molecule has 0 bridgehead atoms. The lowest BCUT2D eigenvalue weighted by atomic mass is 9.95. The SMILES string of the molecule is CC(C)(C)C(=O)Nc1ccc(-c2cc3ccccc3oc2=O)cc1. The molecule has 0 radical (unpaired) electrons. The maximum atomic E-state index is 12.2. The van der Waals surface area contributed by atoms with Crippen LogP contribution in [-0.4, -0.2) is 5.91 Å². The Kier molecular flexibility index (Phi) is 3.97. The lowest BCUT2D eigenvalue weighted by Crippen LogP contribution is -2.27. The molecule has 0 saturated heterocycles. The van der Waals surface area contributed by atoms with E-state index >= 15 is 0 Å². The van der Waals surface area contributed by atoms with Gasteiger partial charge in [-0.25, -0.2) is 4.79 Å². The number of para-hydroxylation sites is 1. The van der Waals surface area contributed by atoms with E-state index in [4.69, 9.17) is 4.42 Å².